The average Bonchev–Trinajstić information content (AvgIpc) is 2.48. The predicted molar refractivity (Wildman–Crippen MR) is 84.4 cm³/mol. The van der Waals surface area contributed by atoms with Gasteiger partial charge in [0, 0.05) is 6.54 Å². The molecule has 0 saturated carbocycles. The van der Waals surface area contributed by atoms with Gasteiger partial charge < -0.3 is 15.7 Å². The van der Waals surface area contributed by atoms with Crippen LogP contribution in [0, 0.1) is 6.92 Å². The van der Waals surface area contributed by atoms with E-state index < -0.39 is 0 Å². The number of amides is 2. The molecule has 0 saturated heterocycles. The quantitative estimate of drug-likeness (QED) is 0.810. The van der Waals surface area contributed by atoms with Crippen molar-refractivity contribution in [2.45, 2.75) is 20.1 Å². The van der Waals surface area contributed by atoms with Crippen LogP contribution in [0.4, 0.5) is 10.5 Å². The molecule has 0 aromatic heterocycles. The van der Waals surface area contributed by atoms with E-state index in [1.54, 1.807) is 12.1 Å². The molecular weight excluding hydrogens is 288 g/mol. The van der Waals surface area contributed by atoms with Crippen molar-refractivity contribution < 1.29 is 9.90 Å². The lowest BCUT2D eigenvalue weighted by molar-refractivity contribution is 0.251. The lowest BCUT2D eigenvalue weighted by Crippen LogP contribution is -2.28. The van der Waals surface area contributed by atoms with Crippen LogP contribution in [0.25, 0.3) is 0 Å². The van der Waals surface area contributed by atoms with Crippen molar-refractivity contribution in [3.05, 3.63) is 64.2 Å². The fraction of sp³-hybridized carbons (Fsp3) is 0.188. The summed E-state index contributed by atoms with van der Waals surface area (Å²) in [4.78, 5) is 11.9. The number of hydrogen-bond donors (Lipinski definition) is 3. The van der Waals surface area contributed by atoms with Gasteiger partial charge in [-0.2, -0.15) is 0 Å². The molecule has 0 aliphatic carbocycles. The number of aliphatic hydroxyl groups excluding tert-OH is 1. The molecule has 0 radical (unpaired) electrons. The van der Waals surface area contributed by atoms with Crippen LogP contribution in [0.15, 0.2) is 42.5 Å². The van der Waals surface area contributed by atoms with Crippen LogP contribution in [0.3, 0.4) is 0 Å². The Labute approximate surface area is 128 Å². The smallest absolute Gasteiger partial charge is 0.319 e. The van der Waals surface area contributed by atoms with Gasteiger partial charge in [0.05, 0.1) is 17.3 Å². The van der Waals surface area contributed by atoms with Crippen LogP contribution in [0.2, 0.25) is 5.02 Å². The van der Waals surface area contributed by atoms with Crippen LogP contribution >= 0.6 is 11.6 Å². The van der Waals surface area contributed by atoms with Gasteiger partial charge in [0.15, 0.2) is 0 Å². The second-order valence-electron chi connectivity index (χ2n) is 4.72. The highest BCUT2D eigenvalue weighted by atomic mass is 35.5. The van der Waals surface area contributed by atoms with Gasteiger partial charge in [0.2, 0.25) is 0 Å². The van der Waals surface area contributed by atoms with E-state index in [9.17, 15) is 9.90 Å². The molecular formula is C16H17ClN2O2. The van der Waals surface area contributed by atoms with Crippen molar-refractivity contribution in [3.8, 4) is 0 Å². The van der Waals surface area contributed by atoms with Gasteiger partial charge in [-0.25, -0.2) is 4.79 Å². The third kappa shape index (κ3) is 4.21. The van der Waals surface area contributed by atoms with Crippen molar-refractivity contribution in [1.82, 2.24) is 5.32 Å². The number of aliphatic hydroxyl groups is 1. The Kier molecular flexibility index (Phi) is 5.20. The van der Waals surface area contributed by atoms with Crippen LogP contribution < -0.4 is 10.6 Å². The molecule has 0 aliphatic rings. The van der Waals surface area contributed by atoms with E-state index >= 15 is 0 Å². The van der Waals surface area contributed by atoms with Crippen LogP contribution in [0.5, 0.6) is 0 Å². The van der Waals surface area contributed by atoms with Gasteiger partial charge in [0.25, 0.3) is 0 Å². The Balaban J connectivity index is 1.96. The minimum Gasteiger partial charge on any atom is -0.392 e. The molecule has 0 spiro atoms. The lowest BCUT2D eigenvalue weighted by atomic mass is 10.1. The first-order valence-electron chi connectivity index (χ1n) is 6.59. The maximum absolute atomic E-state index is 11.9. The van der Waals surface area contributed by atoms with E-state index in [0.717, 1.165) is 16.7 Å². The van der Waals surface area contributed by atoms with E-state index in [0.29, 0.717) is 17.3 Å². The summed E-state index contributed by atoms with van der Waals surface area (Å²) >= 11 is 6.06. The van der Waals surface area contributed by atoms with E-state index in [4.69, 9.17) is 11.6 Å². The molecule has 3 N–H and O–H groups in total. The molecule has 4 nitrogen and oxygen atoms in total. The summed E-state index contributed by atoms with van der Waals surface area (Å²) in [6.07, 6.45) is 0. The van der Waals surface area contributed by atoms with Gasteiger partial charge >= 0.3 is 6.03 Å². The Morgan fingerprint density at radius 3 is 2.57 bits per heavy atom. The van der Waals surface area contributed by atoms with E-state index in [-0.39, 0.29) is 12.6 Å². The predicted octanol–water partition coefficient (Wildman–Crippen LogP) is 3.46. The molecule has 0 atom stereocenters. The highest BCUT2D eigenvalue weighted by molar-refractivity contribution is 6.33. The number of aryl methyl sites for hydroxylation is 1. The fourth-order valence-corrected chi connectivity index (χ4v) is 2.23. The highest BCUT2D eigenvalue weighted by Crippen LogP contribution is 2.22. The van der Waals surface area contributed by atoms with Gasteiger partial charge in [-0.1, -0.05) is 41.9 Å². The summed E-state index contributed by atoms with van der Waals surface area (Å²) in [7, 11) is 0. The van der Waals surface area contributed by atoms with Crippen molar-refractivity contribution in [2.75, 3.05) is 5.32 Å². The number of rotatable bonds is 4. The summed E-state index contributed by atoms with van der Waals surface area (Å²) in [5.74, 6) is 0. The standard InChI is InChI=1S/C16H17ClN2O2/c1-11-6-7-15(14(17)8-11)19-16(21)18-9-12-4-2-3-5-13(12)10-20/h2-8,20H,9-10H2,1H3,(H2,18,19,21). The maximum Gasteiger partial charge on any atom is 0.319 e. The van der Waals surface area contributed by atoms with Gasteiger partial charge in [0.1, 0.15) is 0 Å². The Morgan fingerprint density at radius 2 is 1.90 bits per heavy atom. The average molecular weight is 305 g/mol. The minimum absolute atomic E-state index is 0.0523. The minimum atomic E-state index is -0.339. The number of carbonyl (C=O) groups is 1. The second-order valence-corrected chi connectivity index (χ2v) is 5.13. The molecule has 0 heterocycles. The first-order valence-corrected chi connectivity index (χ1v) is 6.96. The molecule has 2 amide bonds. The third-order valence-corrected chi connectivity index (χ3v) is 3.41. The fourth-order valence-electron chi connectivity index (χ4n) is 1.95. The molecule has 21 heavy (non-hydrogen) atoms. The van der Waals surface area contributed by atoms with Crippen LogP contribution in [0.1, 0.15) is 16.7 Å². The summed E-state index contributed by atoms with van der Waals surface area (Å²) in [6.45, 7) is 2.22. The van der Waals surface area contributed by atoms with Crippen molar-refractivity contribution in [3.63, 3.8) is 0 Å². The molecule has 0 aliphatic heterocycles. The second kappa shape index (κ2) is 7.11. The topological polar surface area (TPSA) is 61.4 Å². The number of carbonyl (C=O) groups excluding carboxylic acids is 1. The number of urea groups is 1. The molecule has 5 heteroatoms. The van der Waals surface area contributed by atoms with Crippen LogP contribution in [-0.2, 0) is 13.2 Å². The first kappa shape index (κ1) is 15.4. The summed E-state index contributed by atoms with van der Waals surface area (Å²) < 4.78 is 0. The molecule has 0 unspecified atom stereocenters. The third-order valence-electron chi connectivity index (χ3n) is 3.10. The Morgan fingerprint density at radius 1 is 1.19 bits per heavy atom. The lowest BCUT2D eigenvalue weighted by Gasteiger charge is -2.11. The maximum atomic E-state index is 11.9. The zero-order chi connectivity index (χ0) is 15.2. The molecule has 0 bridgehead atoms. The van der Waals surface area contributed by atoms with E-state index in [2.05, 4.69) is 10.6 Å². The molecule has 2 aromatic carbocycles. The van der Waals surface area contributed by atoms with Gasteiger partial charge in [-0.05, 0) is 35.7 Å². The first-order chi connectivity index (χ1) is 10.1. The monoisotopic (exact) mass is 304 g/mol. The number of nitrogens with one attached hydrogen (secondary N) is 2. The van der Waals surface area contributed by atoms with Gasteiger partial charge in [-0.3, -0.25) is 0 Å². The summed E-state index contributed by atoms with van der Waals surface area (Å²) in [5, 5.41) is 15.2. The zero-order valence-corrected chi connectivity index (χ0v) is 12.4. The van der Waals surface area contributed by atoms with Gasteiger partial charge in [-0.15, -0.1) is 0 Å². The largest absolute Gasteiger partial charge is 0.392 e. The Bertz CT molecular complexity index is 644. The Hall–Kier alpha value is -2.04. The van der Waals surface area contributed by atoms with E-state index in [1.807, 2.05) is 37.3 Å². The number of hydrogen-bond acceptors (Lipinski definition) is 2. The number of halogens is 1. The molecule has 2 aromatic rings. The molecule has 0 fully saturated rings. The summed E-state index contributed by atoms with van der Waals surface area (Å²) in [6, 6.07) is 12.5. The summed E-state index contributed by atoms with van der Waals surface area (Å²) in [5.41, 5.74) is 3.27. The van der Waals surface area contributed by atoms with E-state index in [1.165, 1.54) is 0 Å². The SMILES string of the molecule is Cc1ccc(NC(=O)NCc2ccccc2CO)c(Cl)c1. The molecule has 110 valence electrons. The zero-order valence-electron chi connectivity index (χ0n) is 11.7. The normalized spacial score (nSPS) is 10.2. The van der Waals surface area contributed by atoms with Crippen molar-refractivity contribution in [1.29, 1.82) is 0 Å². The number of benzene rings is 2. The van der Waals surface area contributed by atoms with Crippen molar-refractivity contribution >= 4 is 23.3 Å². The van der Waals surface area contributed by atoms with Crippen LogP contribution in [-0.4, -0.2) is 11.1 Å². The molecule has 2 rings (SSSR count). The number of anilines is 1. The van der Waals surface area contributed by atoms with Crippen molar-refractivity contribution in [2.24, 2.45) is 0 Å². The highest BCUT2D eigenvalue weighted by Gasteiger charge is 2.07.